The summed E-state index contributed by atoms with van der Waals surface area (Å²) in [7, 11) is 0. The van der Waals surface area contributed by atoms with Gasteiger partial charge in [-0.1, -0.05) is 36.4 Å². The molecule has 1 aliphatic rings. The van der Waals surface area contributed by atoms with Crippen molar-refractivity contribution in [1.29, 1.82) is 0 Å². The van der Waals surface area contributed by atoms with Crippen LogP contribution in [0.25, 0.3) is 0 Å². The average molecular weight is 346 g/mol. The number of esters is 1. The first-order valence-electron chi connectivity index (χ1n) is 7.91. The number of pyridine rings is 1. The largest absolute Gasteiger partial charge is 0.458 e. The molecule has 4 atom stereocenters. The molecular weight excluding hydrogens is 326 g/mol. The van der Waals surface area contributed by atoms with E-state index >= 15 is 0 Å². The van der Waals surface area contributed by atoms with Crippen LogP contribution in [-0.2, 0) is 20.9 Å². The third kappa shape index (κ3) is 3.27. The molecule has 1 fully saturated rings. The molecule has 1 aromatic carbocycles. The monoisotopic (exact) mass is 346 g/mol. The molecule has 2 aromatic rings. The summed E-state index contributed by atoms with van der Waals surface area (Å²) in [6.45, 7) is -0.593. The third-order valence-corrected chi connectivity index (χ3v) is 4.21. The van der Waals surface area contributed by atoms with E-state index < -0.39 is 36.6 Å². The molecule has 0 unspecified atom stereocenters. The Balaban J connectivity index is 1.84. The fraction of sp³-hybridized carbons (Fsp3) is 0.333. The molecule has 0 radical (unpaired) electrons. The van der Waals surface area contributed by atoms with Gasteiger partial charge in [-0.15, -0.1) is 0 Å². The molecular formula is C18H20NO6+. The van der Waals surface area contributed by atoms with Gasteiger partial charge in [0, 0.05) is 12.1 Å². The lowest BCUT2D eigenvalue weighted by Crippen LogP contribution is -2.60. The minimum Gasteiger partial charge on any atom is -0.458 e. The molecule has 7 heteroatoms. The number of benzene rings is 1. The van der Waals surface area contributed by atoms with Crippen LogP contribution in [0.5, 0.6) is 0 Å². The quantitative estimate of drug-likeness (QED) is 0.508. The zero-order valence-corrected chi connectivity index (χ0v) is 13.4. The van der Waals surface area contributed by atoms with E-state index in [0.717, 1.165) is 5.56 Å². The number of aromatic nitrogens is 1. The Labute approximate surface area is 144 Å². The van der Waals surface area contributed by atoms with Crippen LogP contribution in [0.2, 0.25) is 0 Å². The maximum absolute atomic E-state index is 12.6. The van der Waals surface area contributed by atoms with Gasteiger partial charge in [-0.05, 0) is 5.56 Å². The first-order chi connectivity index (χ1) is 12.1. The van der Waals surface area contributed by atoms with E-state index in [1.165, 1.54) is 4.57 Å². The number of rotatable bonds is 5. The summed E-state index contributed by atoms with van der Waals surface area (Å²) in [5.41, 5.74) is -1.59. The first kappa shape index (κ1) is 17.5. The summed E-state index contributed by atoms with van der Waals surface area (Å²) in [6, 6.07) is 14.1. The molecule has 0 bridgehead atoms. The van der Waals surface area contributed by atoms with Crippen LogP contribution < -0.4 is 4.57 Å². The Morgan fingerprint density at radius 1 is 1.16 bits per heavy atom. The number of hydrogen-bond acceptors (Lipinski definition) is 6. The van der Waals surface area contributed by atoms with Gasteiger partial charge in [-0.25, -0.2) is 4.79 Å². The lowest BCUT2D eigenvalue weighted by molar-refractivity contribution is -0.770. The summed E-state index contributed by atoms with van der Waals surface area (Å²) in [5.74, 6) is -1.01. The fourth-order valence-corrected chi connectivity index (χ4v) is 2.84. The maximum Gasteiger partial charge on any atom is 0.351 e. The average Bonchev–Trinajstić information content (AvgIpc) is 2.93. The van der Waals surface area contributed by atoms with Crippen LogP contribution in [0.3, 0.4) is 0 Å². The molecule has 1 aromatic heterocycles. The van der Waals surface area contributed by atoms with Gasteiger partial charge >= 0.3 is 12.2 Å². The Morgan fingerprint density at radius 3 is 2.44 bits per heavy atom. The minimum atomic E-state index is -2.34. The van der Waals surface area contributed by atoms with Crippen LogP contribution in [0.15, 0.2) is 60.9 Å². The molecule has 3 rings (SSSR count). The smallest absolute Gasteiger partial charge is 0.351 e. The van der Waals surface area contributed by atoms with Crippen molar-refractivity contribution in [3.63, 3.8) is 0 Å². The lowest BCUT2D eigenvalue weighted by Gasteiger charge is -2.25. The zero-order valence-electron chi connectivity index (χ0n) is 13.4. The number of nitrogens with zero attached hydrogens (tertiary/aromatic N) is 1. The number of carbonyl (C=O) groups is 1. The van der Waals surface area contributed by atoms with Crippen LogP contribution in [0.1, 0.15) is 11.8 Å². The van der Waals surface area contributed by atoms with Gasteiger partial charge in [0.25, 0.3) is 5.60 Å². The van der Waals surface area contributed by atoms with Crippen molar-refractivity contribution in [3.05, 3.63) is 66.5 Å². The molecule has 132 valence electrons. The highest BCUT2D eigenvalue weighted by molar-refractivity contribution is 5.81. The van der Waals surface area contributed by atoms with Gasteiger partial charge in [0.15, 0.2) is 12.4 Å². The maximum atomic E-state index is 12.6. The van der Waals surface area contributed by atoms with Gasteiger partial charge < -0.3 is 24.8 Å². The predicted octanol–water partition coefficient (Wildman–Crippen LogP) is -0.301. The third-order valence-electron chi connectivity index (χ3n) is 4.21. The van der Waals surface area contributed by atoms with Crippen molar-refractivity contribution in [2.24, 2.45) is 0 Å². The molecule has 0 saturated carbocycles. The molecule has 1 saturated heterocycles. The van der Waals surface area contributed by atoms with E-state index in [0.29, 0.717) is 0 Å². The van der Waals surface area contributed by atoms with Gasteiger partial charge in [0.1, 0.15) is 18.8 Å². The minimum absolute atomic E-state index is 0.0509. The second-order valence-corrected chi connectivity index (χ2v) is 5.86. The van der Waals surface area contributed by atoms with Crippen LogP contribution in [0, 0.1) is 0 Å². The normalized spacial score (nSPS) is 28.7. The zero-order chi connectivity index (χ0) is 17.9. The highest BCUT2D eigenvalue weighted by Crippen LogP contribution is 2.36. The van der Waals surface area contributed by atoms with Crippen molar-refractivity contribution in [3.8, 4) is 0 Å². The fourth-order valence-electron chi connectivity index (χ4n) is 2.84. The summed E-state index contributed by atoms with van der Waals surface area (Å²) < 4.78 is 12.2. The van der Waals surface area contributed by atoms with Crippen molar-refractivity contribution in [2.75, 3.05) is 6.61 Å². The molecule has 3 N–H and O–H groups in total. The van der Waals surface area contributed by atoms with Gasteiger partial charge in [0.05, 0.1) is 6.61 Å². The molecule has 0 amide bonds. The molecule has 7 nitrogen and oxygen atoms in total. The summed E-state index contributed by atoms with van der Waals surface area (Å²) in [5, 5.41) is 30.7. The van der Waals surface area contributed by atoms with E-state index in [2.05, 4.69) is 0 Å². The summed E-state index contributed by atoms with van der Waals surface area (Å²) >= 11 is 0. The number of ether oxygens (including phenoxy) is 2. The van der Waals surface area contributed by atoms with E-state index in [1.54, 1.807) is 54.9 Å². The Kier molecular flexibility index (Phi) is 5.10. The van der Waals surface area contributed by atoms with E-state index in [-0.39, 0.29) is 6.61 Å². The van der Waals surface area contributed by atoms with Crippen molar-refractivity contribution in [1.82, 2.24) is 0 Å². The van der Waals surface area contributed by atoms with Crippen LogP contribution in [0.4, 0.5) is 0 Å². The standard InChI is InChI=1S/C18H20NO6/c20-11-14-15(21)18(23,16(25-14)19-9-5-2-6-10-19)17(22)24-12-13-7-3-1-4-8-13/h1-10,14-16,20-21,23H,11-12H2/q+1/t14-,15+,16-,18-/m1/s1. The number of carbonyl (C=O) groups excluding carboxylic acids is 1. The Bertz CT molecular complexity index is 710. The second kappa shape index (κ2) is 7.28. The molecule has 0 spiro atoms. The first-order valence-corrected chi connectivity index (χ1v) is 7.91. The molecule has 0 aliphatic carbocycles. The van der Waals surface area contributed by atoms with E-state index in [9.17, 15) is 20.1 Å². The molecule has 25 heavy (non-hydrogen) atoms. The number of hydrogen-bond donors (Lipinski definition) is 3. The Morgan fingerprint density at radius 2 is 1.80 bits per heavy atom. The van der Waals surface area contributed by atoms with Crippen LogP contribution in [-0.4, -0.2) is 45.7 Å². The van der Waals surface area contributed by atoms with E-state index in [4.69, 9.17) is 9.47 Å². The van der Waals surface area contributed by atoms with E-state index in [1.807, 2.05) is 6.07 Å². The van der Waals surface area contributed by atoms with Crippen molar-refractivity contribution >= 4 is 5.97 Å². The topological polar surface area (TPSA) is 100 Å². The van der Waals surface area contributed by atoms with Gasteiger partial charge in [0.2, 0.25) is 0 Å². The molecule has 2 heterocycles. The van der Waals surface area contributed by atoms with Gasteiger partial charge in [-0.2, -0.15) is 4.57 Å². The predicted molar refractivity (Wildman–Crippen MR) is 84.8 cm³/mol. The second-order valence-electron chi connectivity index (χ2n) is 5.86. The summed E-state index contributed by atoms with van der Waals surface area (Å²) in [4.78, 5) is 12.6. The highest BCUT2D eigenvalue weighted by atomic mass is 16.6. The highest BCUT2D eigenvalue weighted by Gasteiger charge is 2.66. The molecule has 1 aliphatic heterocycles. The number of aliphatic hydroxyl groups is 3. The van der Waals surface area contributed by atoms with Crippen LogP contribution >= 0.6 is 0 Å². The number of aliphatic hydroxyl groups excluding tert-OH is 2. The van der Waals surface area contributed by atoms with Gasteiger partial charge in [-0.3, -0.25) is 0 Å². The lowest BCUT2D eigenvalue weighted by atomic mass is 9.94. The SMILES string of the molecule is O=C(OCc1ccccc1)[C@@]1(O)[C@@H](O)[C@@H](CO)O[C@H]1[n+]1ccccc1. The summed E-state index contributed by atoms with van der Waals surface area (Å²) in [6.07, 6.45) is -0.770. The van der Waals surface area contributed by atoms with Crippen molar-refractivity contribution < 1.29 is 34.2 Å². The van der Waals surface area contributed by atoms with Crippen molar-refractivity contribution in [2.45, 2.75) is 30.6 Å². The Hall–Kier alpha value is -2.32.